The molecule has 1 aliphatic rings. The molecule has 2 unspecified atom stereocenters. The molecule has 0 spiro atoms. The van der Waals surface area contributed by atoms with Crippen LogP contribution >= 0.6 is 0 Å². The van der Waals surface area contributed by atoms with Gasteiger partial charge in [0.05, 0.1) is 0 Å². The van der Waals surface area contributed by atoms with Crippen molar-refractivity contribution in [1.29, 1.82) is 0 Å². The lowest BCUT2D eigenvalue weighted by atomic mass is 10.5. The smallest absolute Gasteiger partial charge is 0.203 e. The molecule has 1 aromatic heterocycles. The molecule has 1 fully saturated rings. The van der Waals surface area contributed by atoms with E-state index in [1.54, 1.807) is 0 Å². The molecule has 3 heteroatoms. The van der Waals surface area contributed by atoms with Gasteiger partial charge in [-0.1, -0.05) is 13.0 Å². The first-order valence-electron chi connectivity index (χ1n) is 4.70. The van der Waals surface area contributed by atoms with Gasteiger partial charge >= 0.3 is 0 Å². The highest BCUT2D eigenvalue weighted by Crippen LogP contribution is 2.32. The van der Waals surface area contributed by atoms with Crippen LogP contribution in [0.5, 0.6) is 0 Å². The molecule has 0 aliphatic heterocycles. The average Bonchev–Trinajstić information content (AvgIpc) is 2.62. The van der Waals surface area contributed by atoms with Crippen molar-refractivity contribution in [3.8, 4) is 0 Å². The third-order valence-electron chi connectivity index (χ3n) is 2.47. The molecule has 2 rings (SSSR count). The number of rotatable bonds is 4. The molecule has 0 amide bonds. The van der Waals surface area contributed by atoms with Crippen LogP contribution in [0.15, 0.2) is 25.0 Å². The van der Waals surface area contributed by atoms with E-state index in [-0.39, 0.29) is 0 Å². The van der Waals surface area contributed by atoms with Gasteiger partial charge in [0, 0.05) is 25.0 Å². The van der Waals surface area contributed by atoms with Gasteiger partial charge in [-0.25, -0.2) is 4.98 Å². The van der Waals surface area contributed by atoms with E-state index in [0.717, 1.165) is 18.4 Å². The number of nitrogens with one attached hydrogen (secondary N) is 1. The Hall–Kier alpha value is -1.25. The summed E-state index contributed by atoms with van der Waals surface area (Å²) in [4.78, 5) is 4.25. The van der Waals surface area contributed by atoms with Crippen LogP contribution in [-0.4, -0.2) is 15.6 Å². The number of imidazole rings is 1. The van der Waals surface area contributed by atoms with Crippen molar-refractivity contribution in [2.75, 3.05) is 5.32 Å². The van der Waals surface area contributed by atoms with Gasteiger partial charge in [0.25, 0.3) is 0 Å². The summed E-state index contributed by atoms with van der Waals surface area (Å²) in [5.74, 6) is 1.77. The third-order valence-corrected chi connectivity index (χ3v) is 2.47. The predicted octanol–water partition coefficient (Wildman–Crippen LogP) is 1.89. The summed E-state index contributed by atoms with van der Waals surface area (Å²) in [6.45, 7) is 6.78. The summed E-state index contributed by atoms with van der Waals surface area (Å²) in [7, 11) is 0. The molecule has 1 saturated carbocycles. The Bertz CT molecular complexity index is 303. The molecule has 13 heavy (non-hydrogen) atoms. The molecule has 0 bridgehead atoms. The van der Waals surface area contributed by atoms with Crippen LogP contribution in [0.2, 0.25) is 0 Å². The van der Waals surface area contributed by atoms with Crippen molar-refractivity contribution in [3.63, 3.8) is 0 Å². The molecule has 0 aromatic carbocycles. The Morgan fingerprint density at radius 3 is 3.23 bits per heavy atom. The van der Waals surface area contributed by atoms with Gasteiger partial charge in [-0.05, 0) is 12.3 Å². The fourth-order valence-electron chi connectivity index (χ4n) is 1.42. The largest absolute Gasteiger partial charge is 0.353 e. The standard InChI is InChI=1S/C10H15N3/c1-3-5-13-6-4-11-10(13)12-9-7-8(9)2/h3-4,6,8-9H,1,5,7H2,2H3,(H,11,12). The number of hydrogen-bond acceptors (Lipinski definition) is 2. The van der Waals surface area contributed by atoms with Crippen molar-refractivity contribution in [2.45, 2.75) is 25.9 Å². The fourth-order valence-corrected chi connectivity index (χ4v) is 1.42. The van der Waals surface area contributed by atoms with Crippen molar-refractivity contribution in [2.24, 2.45) is 5.92 Å². The molecule has 1 aliphatic carbocycles. The fraction of sp³-hybridized carbons (Fsp3) is 0.500. The zero-order valence-electron chi connectivity index (χ0n) is 7.90. The van der Waals surface area contributed by atoms with Crippen LogP contribution in [0.3, 0.4) is 0 Å². The summed E-state index contributed by atoms with van der Waals surface area (Å²) in [6, 6.07) is 0.631. The van der Waals surface area contributed by atoms with Crippen LogP contribution in [0.25, 0.3) is 0 Å². The number of anilines is 1. The summed E-state index contributed by atoms with van der Waals surface area (Å²) in [6.07, 6.45) is 6.93. The lowest BCUT2D eigenvalue weighted by Crippen LogP contribution is -2.09. The van der Waals surface area contributed by atoms with E-state index >= 15 is 0 Å². The summed E-state index contributed by atoms with van der Waals surface area (Å²) < 4.78 is 2.07. The minimum absolute atomic E-state index is 0.631. The highest BCUT2D eigenvalue weighted by molar-refractivity contribution is 5.30. The molecular formula is C10H15N3. The number of aromatic nitrogens is 2. The first-order chi connectivity index (χ1) is 6.31. The summed E-state index contributed by atoms with van der Waals surface area (Å²) >= 11 is 0. The minimum Gasteiger partial charge on any atom is -0.353 e. The Labute approximate surface area is 78.5 Å². The van der Waals surface area contributed by atoms with Crippen LogP contribution in [0.4, 0.5) is 5.95 Å². The molecule has 1 heterocycles. The van der Waals surface area contributed by atoms with Crippen LogP contribution < -0.4 is 5.32 Å². The van der Waals surface area contributed by atoms with Crippen LogP contribution in [0, 0.1) is 5.92 Å². The zero-order chi connectivity index (χ0) is 9.26. The average molecular weight is 177 g/mol. The maximum atomic E-state index is 4.25. The minimum atomic E-state index is 0.631. The third kappa shape index (κ3) is 1.74. The van der Waals surface area contributed by atoms with Gasteiger partial charge in [-0.15, -0.1) is 6.58 Å². The van der Waals surface area contributed by atoms with Gasteiger partial charge in [0.15, 0.2) is 0 Å². The van der Waals surface area contributed by atoms with Gasteiger partial charge in [-0.2, -0.15) is 0 Å². The van der Waals surface area contributed by atoms with E-state index in [4.69, 9.17) is 0 Å². The molecule has 0 radical (unpaired) electrons. The van der Waals surface area contributed by atoms with E-state index in [1.807, 2.05) is 18.5 Å². The van der Waals surface area contributed by atoms with E-state index < -0.39 is 0 Å². The topological polar surface area (TPSA) is 29.9 Å². The van der Waals surface area contributed by atoms with Crippen molar-refractivity contribution >= 4 is 5.95 Å². The lowest BCUT2D eigenvalue weighted by molar-refractivity contribution is 0.809. The predicted molar refractivity (Wildman–Crippen MR) is 53.6 cm³/mol. The van der Waals surface area contributed by atoms with E-state index in [2.05, 4.69) is 28.4 Å². The Morgan fingerprint density at radius 2 is 2.62 bits per heavy atom. The zero-order valence-corrected chi connectivity index (χ0v) is 7.90. The van der Waals surface area contributed by atoms with Crippen molar-refractivity contribution in [3.05, 3.63) is 25.0 Å². The number of nitrogens with zero attached hydrogens (tertiary/aromatic N) is 2. The first kappa shape index (κ1) is 8.35. The normalized spacial score (nSPS) is 25.6. The Kier molecular flexibility index (Phi) is 2.08. The second kappa shape index (κ2) is 3.24. The molecule has 1 N–H and O–H groups in total. The molecular weight excluding hydrogens is 162 g/mol. The van der Waals surface area contributed by atoms with E-state index in [0.29, 0.717) is 6.04 Å². The van der Waals surface area contributed by atoms with Gasteiger partial charge in [0.1, 0.15) is 0 Å². The van der Waals surface area contributed by atoms with Crippen molar-refractivity contribution in [1.82, 2.24) is 9.55 Å². The van der Waals surface area contributed by atoms with Crippen LogP contribution in [0.1, 0.15) is 13.3 Å². The molecule has 70 valence electrons. The van der Waals surface area contributed by atoms with Crippen molar-refractivity contribution < 1.29 is 0 Å². The second-order valence-corrected chi connectivity index (χ2v) is 3.66. The highest BCUT2D eigenvalue weighted by atomic mass is 15.2. The van der Waals surface area contributed by atoms with Gasteiger partial charge < -0.3 is 9.88 Å². The maximum absolute atomic E-state index is 4.25. The number of allylic oxidation sites excluding steroid dienone is 1. The summed E-state index contributed by atoms with van der Waals surface area (Å²) in [5.41, 5.74) is 0. The maximum Gasteiger partial charge on any atom is 0.203 e. The Balaban J connectivity index is 2.01. The molecule has 0 saturated heterocycles. The van der Waals surface area contributed by atoms with E-state index in [9.17, 15) is 0 Å². The highest BCUT2D eigenvalue weighted by Gasteiger charge is 2.33. The first-order valence-corrected chi connectivity index (χ1v) is 4.70. The van der Waals surface area contributed by atoms with Crippen LogP contribution in [-0.2, 0) is 6.54 Å². The quantitative estimate of drug-likeness (QED) is 0.712. The Morgan fingerprint density at radius 1 is 1.85 bits per heavy atom. The lowest BCUT2D eigenvalue weighted by Gasteiger charge is -2.06. The van der Waals surface area contributed by atoms with Gasteiger partial charge in [-0.3, -0.25) is 0 Å². The molecule has 2 atom stereocenters. The van der Waals surface area contributed by atoms with E-state index in [1.165, 1.54) is 6.42 Å². The molecule has 3 nitrogen and oxygen atoms in total. The molecule has 1 aromatic rings. The number of hydrogen-bond donors (Lipinski definition) is 1. The summed E-state index contributed by atoms with van der Waals surface area (Å²) in [5, 5.41) is 3.40. The SMILES string of the molecule is C=CCn1ccnc1NC1CC1C. The van der Waals surface area contributed by atoms with Gasteiger partial charge in [0.2, 0.25) is 5.95 Å². The second-order valence-electron chi connectivity index (χ2n) is 3.66. The monoisotopic (exact) mass is 177 g/mol.